The molecule has 1 aliphatic heterocycles. The molecule has 0 saturated heterocycles. The molecule has 3 aromatic carbocycles. The number of alkyl halides is 3. The summed E-state index contributed by atoms with van der Waals surface area (Å²) in [7, 11) is -1.75. The third-order valence-electron chi connectivity index (χ3n) is 10.5. The van der Waals surface area contributed by atoms with Gasteiger partial charge in [-0.15, -0.1) is 0 Å². The number of nitrogens with zero attached hydrogens (tertiary/aromatic N) is 1. The van der Waals surface area contributed by atoms with Crippen LogP contribution in [0, 0.1) is 5.92 Å². The second-order valence-electron chi connectivity index (χ2n) is 14.0. The van der Waals surface area contributed by atoms with Crippen LogP contribution < -0.4 is 4.74 Å². The average molecular weight is 680 g/mol. The maximum absolute atomic E-state index is 16.5. The lowest BCUT2D eigenvalue weighted by Crippen LogP contribution is -2.35. The minimum absolute atomic E-state index is 0.00904. The second kappa shape index (κ2) is 14.9. The Labute approximate surface area is 292 Å². The van der Waals surface area contributed by atoms with Crippen molar-refractivity contribution in [3.63, 3.8) is 0 Å². The van der Waals surface area contributed by atoms with Gasteiger partial charge in [-0.05, 0) is 72.9 Å². The van der Waals surface area contributed by atoms with Crippen molar-refractivity contribution in [2.24, 2.45) is 5.92 Å². The van der Waals surface area contributed by atoms with E-state index in [1.165, 1.54) is 17.7 Å². The molecule has 0 atom stereocenters. The third kappa shape index (κ3) is 7.12. The first kappa shape index (κ1) is 34.1. The van der Waals surface area contributed by atoms with Gasteiger partial charge in [0.25, 0.3) is 0 Å². The van der Waals surface area contributed by atoms with E-state index in [1.807, 2.05) is 48.5 Å². The zero-order chi connectivity index (χ0) is 34.7. The van der Waals surface area contributed by atoms with Crippen molar-refractivity contribution < 1.29 is 26.7 Å². The van der Waals surface area contributed by atoms with Crippen molar-refractivity contribution in [2.45, 2.75) is 89.5 Å². The fourth-order valence-electron chi connectivity index (χ4n) is 8.28. The summed E-state index contributed by atoms with van der Waals surface area (Å²) in [6.07, 6.45) is 5.06. The molecular formula is C42H44BF4N2O+. The van der Waals surface area contributed by atoms with E-state index >= 15 is 17.5 Å². The second-order valence-corrected chi connectivity index (χ2v) is 14.0. The number of rotatable bonds is 9. The molecule has 0 radical (unpaired) electrons. The van der Waals surface area contributed by atoms with Gasteiger partial charge >= 0.3 is 13.3 Å². The normalized spacial score (nSPS) is 18.9. The SMILES string of the molecule is CB(F)[N+]1=C(C2CCCCC2)C(C(F)(F)F)=C(Oc2ccccc2)/C1=C(\c1ccccc1)c1[nH]c(C2CCCCC2)cc1Cc1ccccc1. The lowest BCUT2D eigenvalue weighted by atomic mass is 9.81. The van der Waals surface area contributed by atoms with Crippen LogP contribution in [0.15, 0.2) is 114 Å². The number of benzene rings is 3. The Balaban J connectivity index is 1.57. The smallest absolute Gasteiger partial charge is 0.450 e. The molecule has 2 saturated carbocycles. The molecule has 1 aromatic heterocycles. The molecular weight excluding hydrogens is 635 g/mol. The number of allylic oxidation sites excluding steroid dienone is 1. The summed E-state index contributed by atoms with van der Waals surface area (Å²) in [6.45, 7) is 1.35. The van der Waals surface area contributed by atoms with E-state index in [2.05, 4.69) is 23.2 Å². The maximum Gasteiger partial charge on any atom is 0.696 e. The Morgan fingerprint density at radius 1 is 0.780 bits per heavy atom. The monoisotopic (exact) mass is 679 g/mol. The molecule has 4 aromatic rings. The van der Waals surface area contributed by atoms with Gasteiger partial charge < -0.3 is 9.72 Å². The number of H-pyrrole nitrogens is 1. The van der Waals surface area contributed by atoms with Crippen LogP contribution in [0.1, 0.15) is 98.2 Å². The van der Waals surface area contributed by atoms with Crippen LogP contribution >= 0.6 is 0 Å². The summed E-state index contributed by atoms with van der Waals surface area (Å²) in [5.74, 6) is -0.205. The summed E-state index contributed by atoms with van der Waals surface area (Å²) in [4.78, 5) is 3.76. The van der Waals surface area contributed by atoms with Gasteiger partial charge in [0.2, 0.25) is 11.5 Å². The van der Waals surface area contributed by atoms with Crippen LogP contribution in [0.3, 0.4) is 0 Å². The number of halogens is 4. The molecule has 2 heterocycles. The first-order valence-corrected chi connectivity index (χ1v) is 18.2. The molecule has 3 aliphatic rings. The number of ether oxygens (including phenoxy) is 1. The molecule has 1 N–H and O–H groups in total. The number of hydrogen-bond acceptors (Lipinski definition) is 1. The number of para-hydroxylation sites is 1. The number of aromatic amines is 1. The molecule has 8 heteroatoms. The lowest BCUT2D eigenvalue weighted by Gasteiger charge is -2.22. The van der Waals surface area contributed by atoms with Gasteiger partial charge in [0.1, 0.15) is 5.75 Å². The van der Waals surface area contributed by atoms with Gasteiger partial charge in [-0.25, -0.2) is 8.80 Å². The predicted octanol–water partition coefficient (Wildman–Crippen LogP) is 11.4. The number of hydrogen-bond donors (Lipinski definition) is 1. The molecule has 0 spiro atoms. The minimum atomic E-state index is -4.79. The van der Waals surface area contributed by atoms with E-state index in [4.69, 9.17) is 4.74 Å². The van der Waals surface area contributed by atoms with Gasteiger partial charge in [-0.1, -0.05) is 117 Å². The van der Waals surface area contributed by atoms with Crippen LogP contribution in [0.25, 0.3) is 5.57 Å². The van der Waals surface area contributed by atoms with Gasteiger partial charge in [0, 0.05) is 18.4 Å². The summed E-state index contributed by atoms with van der Waals surface area (Å²) < 4.78 is 71.2. The molecule has 0 unspecified atom stereocenters. The Kier molecular flexibility index (Phi) is 10.2. The highest BCUT2D eigenvalue weighted by molar-refractivity contribution is 6.42. The third-order valence-corrected chi connectivity index (χ3v) is 10.5. The van der Waals surface area contributed by atoms with E-state index in [0.29, 0.717) is 42.0 Å². The van der Waals surface area contributed by atoms with Crippen molar-refractivity contribution in [1.82, 2.24) is 4.98 Å². The summed E-state index contributed by atoms with van der Waals surface area (Å²) in [5.41, 5.74) is 4.30. The van der Waals surface area contributed by atoms with Crippen LogP contribution in [-0.4, -0.2) is 28.5 Å². The van der Waals surface area contributed by atoms with Gasteiger partial charge in [0.15, 0.2) is 11.3 Å². The average Bonchev–Trinajstić information content (AvgIpc) is 3.70. The van der Waals surface area contributed by atoms with Crippen molar-refractivity contribution in [2.75, 3.05) is 0 Å². The molecule has 0 bridgehead atoms. The predicted molar refractivity (Wildman–Crippen MR) is 193 cm³/mol. The van der Waals surface area contributed by atoms with E-state index in [-0.39, 0.29) is 22.9 Å². The molecule has 258 valence electrons. The largest absolute Gasteiger partial charge is 0.696 e. The molecule has 50 heavy (non-hydrogen) atoms. The molecule has 2 fully saturated rings. The highest BCUT2D eigenvalue weighted by Gasteiger charge is 2.57. The zero-order valence-corrected chi connectivity index (χ0v) is 28.6. The van der Waals surface area contributed by atoms with E-state index in [9.17, 15) is 0 Å². The van der Waals surface area contributed by atoms with E-state index < -0.39 is 24.8 Å². The Morgan fingerprint density at radius 3 is 1.92 bits per heavy atom. The Hall–Kier alpha value is -4.33. The standard InChI is InChI=1S/C42H43BF4N2O/c1-43(47)49-39(32-23-13-5-14-24-32)37(42(44,45)46)41(50-34-25-15-6-16-26-34)40(49)36(31-21-11-4-12-22-31)38-33(27-29-17-7-2-8-18-29)28-35(48-38)30-19-9-3-10-20-30/h2,4,6-8,11-12,15-18,21-22,25-26,28,30,32H,3,5,9-10,13-14,19-20,23-24,27H2,1H3/p+1. The van der Waals surface area contributed by atoms with E-state index in [1.54, 1.807) is 30.3 Å². The van der Waals surface area contributed by atoms with Crippen LogP contribution in [0.2, 0.25) is 6.82 Å². The number of aromatic nitrogens is 1. The summed E-state index contributed by atoms with van der Waals surface area (Å²) in [5, 5.41) is 0. The van der Waals surface area contributed by atoms with Crippen molar-refractivity contribution in [1.29, 1.82) is 0 Å². The topological polar surface area (TPSA) is 28.0 Å². The quantitative estimate of drug-likeness (QED) is 0.138. The van der Waals surface area contributed by atoms with Crippen molar-refractivity contribution in [3.8, 4) is 5.75 Å². The molecule has 3 nitrogen and oxygen atoms in total. The minimum Gasteiger partial charge on any atom is -0.450 e. The van der Waals surface area contributed by atoms with E-state index in [0.717, 1.165) is 61.8 Å². The van der Waals surface area contributed by atoms with Crippen molar-refractivity contribution >= 4 is 18.4 Å². The summed E-state index contributed by atoms with van der Waals surface area (Å²) in [6, 6.07) is 30.4. The molecule has 0 amide bonds. The first-order chi connectivity index (χ1) is 24.3. The van der Waals surface area contributed by atoms with Crippen molar-refractivity contribution in [3.05, 3.63) is 142 Å². The van der Waals surface area contributed by atoms with Gasteiger partial charge in [-0.2, -0.15) is 13.2 Å². The highest BCUT2D eigenvalue weighted by atomic mass is 19.4. The number of nitrogens with one attached hydrogen (secondary N) is 1. The molecule has 2 aliphatic carbocycles. The van der Waals surface area contributed by atoms with Crippen LogP contribution in [-0.2, 0) is 6.42 Å². The van der Waals surface area contributed by atoms with Crippen LogP contribution in [0.5, 0.6) is 5.75 Å². The Bertz CT molecular complexity index is 1860. The fourth-order valence-corrected chi connectivity index (χ4v) is 8.28. The maximum atomic E-state index is 16.5. The zero-order valence-electron chi connectivity index (χ0n) is 28.6. The summed E-state index contributed by atoms with van der Waals surface area (Å²) >= 11 is 0. The van der Waals surface area contributed by atoms with Crippen LogP contribution in [0.4, 0.5) is 17.5 Å². The van der Waals surface area contributed by atoms with Gasteiger partial charge in [0.05, 0.1) is 11.3 Å². The lowest BCUT2D eigenvalue weighted by molar-refractivity contribution is -0.336. The van der Waals surface area contributed by atoms with Gasteiger partial charge in [-0.3, -0.25) is 0 Å². The molecule has 7 rings (SSSR count). The Morgan fingerprint density at radius 2 is 1.34 bits per heavy atom. The highest BCUT2D eigenvalue weighted by Crippen LogP contribution is 2.47. The fraction of sp³-hybridized carbons (Fsp3) is 0.357. The first-order valence-electron chi connectivity index (χ1n) is 18.2.